The number of hydrogen-bond donors (Lipinski definition) is 1. The van der Waals surface area contributed by atoms with Crippen molar-refractivity contribution in [3.05, 3.63) is 41.5 Å². The van der Waals surface area contributed by atoms with E-state index in [1.165, 1.54) is 0 Å². The fourth-order valence-corrected chi connectivity index (χ4v) is 1.73. The summed E-state index contributed by atoms with van der Waals surface area (Å²) in [5.41, 5.74) is 1.13. The van der Waals surface area contributed by atoms with Crippen LogP contribution in [0.4, 0.5) is 0 Å². The monoisotopic (exact) mass is 261 g/mol. The van der Waals surface area contributed by atoms with Gasteiger partial charge in [0.2, 0.25) is 5.89 Å². The number of methoxy groups -OCH3 is 1. The van der Waals surface area contributed by atoms with E-state index in [1.54, 1.807) is 7.11 Å². The molecule has 2 aromatic rings. The Balaban J connectivity index is 1.91. The zero-order valence-corrected chi connectivity index (χ0v) is 11.3. The van der Waals surface area contributed by atoms with Crippen molar-refractivity contribution in [1.29, 1.82) is 0 Å². The molecular formula is C14H19N3O2. The van der Waals surface area contributed by atoms with Crippen LogP contribution in [0.15, 0.2) is 28.8 Å². The molecule has 0 aliphatic rings. The molecule has 0 saturated carbocycles. The van der Waals surface area contributed by atoms with Gasteiger partial charge in [0.25, 0.3) is 0 Å². The number of hydrogen-bond acceptors (Lipinski definition) is 5. The van der Waals surface area contributed by atoms with Crippen LogP contribution in [0.2, 0.25) is 0 Å². The first kappa shape index (κ1) is 13.5. The van der Waals surface area contributed by atoms with Crippen molar-refractivity contribution in [3.63, 3.8) is 0 Å². The average Bonchev–Trinajstić information content (AvgIpc) is 2.88. The summed E-state index contributed by atoms with van der Waals surface area (Å²) in [6.07, 6.45) is 1.76. The molecule has 0 amide bonds. The average molecular weight is 261 g/mol. The van der Waals surface area contributed by atoms with Gasteiger partial charge in [0.05, 0.1) is 13.7 Å². The van der Waals surface area contributed by atoms with E-state index in [0.29, 0.717) is 24.7 Å². The van der Waals surface area contributed by atoms with Crippen LogP contribution in [0.1, 0.15) is 30.6 Å². The molecule has 0 unspecified atom stereocenters. The highest BCUT2D eigenvalue weighted by Crippen LogP contribution is 2.13. The Kier molecular flexibility index (Phi) is 4.92. The number of ether oxygens (including phenoxy) is 1. The molecule has 102 valence electrons. The zero-order chi connectivity index (χ0) is 13.5. The van der Waals surface area contributed by atoms with Crippen molar-refractivity contribution in [2.75, 3.05) is 13.7 Å². The van der Waals surface area contributed by atoms with Gasteiger partial charge in [-0.15, -0.1) is 0 Å². The van der Waals surface area contributed by atoms with Gasteiger partial charge in [-0.2, -0.15) is 4.98 Å². The molecule has 0 fully saturated rings. The van der Waals surface area contributed by atoms with Crippen molar-refractivity contribution in [1.82, 2.24) is 15.5 Å². The van der Waals surface area contributed by atoms with E-state index in [-0.39, 0.29) is 0 Å². The first-order chi connectivity index (χ1) is 9.31. The van der Waals surface area contributed by atoms with E-state index in [1.807, 2.05) is 24.3 Å². The molecule has 1 heterocycles. The SMILES string of the molecule is CCCNCc1nc(Cc2ccc(OC)cc2)no1. The van der Waals surface area contributed by atoms with Gasteiger partial charge in [-0.3, -0.25) is 0 Å². The third-order valence-electron chi connectivity index (χ3n) is 2.73. The largest absolute Gasteiger partial charge is 0.497 e. The number of nitrogens with one attached hydrogen (secondary N) is 1. The Morgan fingerprint density at radius 1 is 1.26 bits per heavy atom. The van der Waals surface area contributed by atoms with Crippen LogP contribution in [-0.2, 0) is 13.0 Å². The third kappa shape index (κ3) is 4.06. The summed E-state index contributed by atoms with van der Waals surface area (Å²) >= 11 is 0. The molecule has 0 radical (unpaired) electrons. The fourth-order valence-electron chi connectivity index (χ4n) is 1.73. The highest BCUT2D eigenvalue weighted by Gasteiger charge is 2.06. The maximum absolute atomic E-state index is 5.18. The van der Waals surface area contributed by atoms with Crippen LogP contribution >= 0.6 is 0 Å². The lowest BCUT2D eigenvalue weighted by Gasteiger charge is -2.00. The molecule has 1 aromatic heterocycles. The highest BCUT2D eigenvalue weighted by atomic mass is 16.5. The molecule has 0 atom stereocenters. The smallest absolute Gasteiger partial charge is 0.240 e. The quantitative estimate of drug-likeness (QED) is 0.774. The van der Waals surface area contributed by atoms with Crippen molar-refractivity contribution in [2.45, 2.75) is 26.3 Å². The summed E-state index contributed by atoms with van der Waals surface area (Å²) in [7, 11) is 1.66. The summed E-state index contributed by atoms with van der Waals surface area (Å²) in [5, 5.41) is 7.21. The number of nitrogens with zero attached hydrogens (tertiary/aromatic N) is 2. The second-order valence-corrected chi connectivity index (χ2v) is 4.31. The van der Waals surface area contributed by atoms with Gasteiger partial charge in [-0.25, -0.2) is 0 Å². The summed E-state index contributed by atoms with van der Waals surface area (Å²) in [5.74, 6) is 2.19. The minimum atomic E-state index is 0.628. The van der Waals surface area contributed by atoms with E-state index in [2.05, 4.69) is 22.4 Å². The molecule has 1 aromatic carbocycles. The van der Waals surface area contributed by atoms with E-state index >= 15 is 0 Å². The molecule has 0 bridgehead atoms. The molecule has 0 saturated heterocycles. The van der Waals surface area contributed by atoms with Crippen molar-refractivity contribution in [2.24, 2.45) is 0 Å². The van der Waals surface area contributed by atoms with Crippen LogP contribution in [0.5, 0.6) is 5.75 Å². The van der Waals surface area contributed by atoms with E-state index in [0.717, 1.165) is 24.3 Å². The maximum Gasteiger partial charge on any atom is 0.240 e. The lowest BCUT2D eigenvalue weighted by atomic mass is 10.1. The predicted octanol–water partition coefficient (Wildman–Crippen LogP) is 2.17. The minimum Gasteiger partial charge on any atom is -0.497 e. The first-order valence-corrected chi connectivity index (χ1v) is 6.47. The van der Waals surface area contributed by atoms with Gasteiger partial charge >= 0.3 is 0 Å². The Bertz CT molecular complexity index is 494. The van der Waals surface area contributed by atoms with Crippen LogP contribution < -0.4 is 10.1 Å². The summed E-state index contributed by atoms with van der Waals surface area (Å²) in [6.45, 7) is 3.70. The molecule has 0 spiro atoms. The minimum absolute atomic E-state index is 0.628. The van der Waals surface area contributed by atoms with Crippen molar-refractivity contribution in [3.8, 4) is 5.75 Å². The molecule has 1 N–H and O–H groups in total. The molecular weight excluding hydrogens is 242 g/mol. The standard InChI is InChI=1S/C14H19N3O2/c1-3-8-15-10-14-16-13(17-19-14)9-11-4-6-12(18-2)7-5-11/h4-7,15H,3,8-10H2,1-2H3. The Morgan fingerprint density at radius 2 is 2.05 bits per heavy atom. The Morgan fingerprint density at radius 3 is 2.74 bits per heavy atom. The number of aromatic nitrogens is 2. The van der Waals surface area contributed by atoms with E-state index in [4.69, 9.17) is 9.26 Å². The maximum atomic E-state index is 5.18. The second kappa shape index (κ2) is 6.89. The van der Waals surface area contributed by atoms with Gasteiger partial charge < -0.3 is 14.6 Å². The van der Waals surface area contributed by atoms with Crippen molar-refractivity contribution >= 4 is 0 Å². The highest BCUT2D eigenvalue weighted by molar-refractivity contribution is 5.28. The van der Waals surface area contributed by atoms with Crippen LogP contribution in [0.25, 0.3) is 0 Å². The van der Waals surface area contributed by atoms with E-state index in [9.17, 15) is 0 Å². The molecule has 5 heteroatoms. The normalized spacial score (nSPS) is 10.6. The summed E-state index contributed by atoms with van der Waals surface area (Å²) < 4.78 is 10.3. The first-order valence-electron chi connectivity index (χ1n) is 6.47. The van der Waals surface area contributed by atoms with Gasteiger partial charge in [-0.1, -0.05) is 24.2 Å². The van der Waals surface area contributed by atoms with E-state index < -0.39 is 0 Å². The van der Waals surface area contributed by atoms with Crippen LogP contribution in [-0.4, -0.2) is 23.8 Å². The lowest BCUT2D eigenvalue weighted by Crippen LogP contribution is -2.13. The third-order valence-corrected chi connectivity index (χ3v) is 2.73. The Labute approximate surface area is 113 Å². The van der Waals surface area contributed by atoms with Crippen LogP contribution in [0.3, 0.4) is 0 Å². The lowest BCUT2D eigenvalue weighted by molar-refractivity contribution is 0.363. The number of rotatable bonds is 7. The predicted molar refractivity (Wildman–Crippen MR) is 72.1 cm³/mol. The molecule has 0 aliphatic heterocycles. The van der Waals surface area contributed by atoms with Gasteiger partial charge in [0, 0.05) is 6.42 Å². The zero-order valence-electron chi connectivity index (χ0n) is 11.3. The van der Waals surface area contributed by atoms with Gasteiger partial charge in [-0.05, 0) is 30.7 Å². The van der Waals surface area contributed by atoms with Gasteiger partial charge in [0.1, 0.15) is 5.75 Å². The summed E-state index contributed by atoms with van der Waals surface area (Å²) in [4.78, 5) is 4.35. The molecule has 5 nitrogen and oxygen atoms in total. The van der Waals surface area contributed by atoms with Gasteiger partial charge in [0.15, 0.2) is 5.82 Å². The topological polar surface area (TPSA) is 60.2 Å². The Hall–Kier alpha value is -1.88. The second-order valence-electron chi connectivity index (χ2n) is 4.31. The number of benzene rings is 1. The van der Waals surface area contributed by atoms with Crippen molar-refractivity contribution < 1.29 is 9.26 Å². The molecule has 0 aliphatic carbocycles. The summed E-state index contributed by atoms with van der Waals surface area (Å²) in [6, 6.07) is 7.87. The molecule has 19 heavy (non-hydrogen) atoms. The van der Waals surface area contributed by atoms with Crippen LogP contribution in [0, 0.1) is 0 Å². The fraction of sp³-hybridized carbons (Fsp3) is 0.429. The molecule has 2 rings (SSSR count).